The van der Waals surface area contributed by atoms with Crippen LogP contribution in [-0.2, 0) is 0 Å². The van der Waals surface area contributed by atoms with Crippen LogP contribution in [0.4, 0.5) is 0 Å². The van der Waals surface area contributed by atoms with Crippen LogP contribution >= 0.6 is 0 Å². The molecule has 6 nitrogen and oxygen atoms in total. The van der Waals surface area contributed by atoms with Crippen molar-refractivity contribution in [1.82, 2.24) is 5.43 Å². The first-order valence-electron chi connectivity index (χ1n) is 7.56. The lowest BCUT2D eigenvalue weighted by atomic mass is 10.2. The van der Waals surface area contributed by atoms with Crippen molar-refractivity contribution >= 4 is 12.1 Å². The average Bonchev–Trinajstić information content (AvgIpc) is 2.63. The fourth-order valence-electron chi connectivity index (χ4n) is 2.08. The first-order valence-corrected chi connectivity index (χ1v) is 7.56. The van der Waals surface area contributed by atoms with Crippen molar-refractivity contribution in [3.05, 3.63) is 95.5 Å². The minimum Gasteiger partial charge on any atom is -0.619 e. The van der Waals surface area contributed by atoms with Crippen molar-refractivity contribution < 1.29 is 14.3 Å². The average molecular weight is 333 g/mol. The van der Waals surface area contributed by atoms with Gasteiger partial charge in [0.1, 0.15) is 11.5 Å². The molecule has 3 aromatic rings. The molecule has 124 valence electrons. The van der Waals surface area contributed by atoms with Crippen LogP contribution in [0.1, 0.15) is 15.9 Å². The lowest BCUT2D eigenvalue weighted by Gasteiger charge is -2.05. The topological polar surface area (TPSA) is 77.6 Å². The molecule has 0 aliphatic carbocycles. The van der Waals surface area contributed by atoms with E-state index in [0.717, 1.165) is 11.3 Å². The molecule has 2 aromatic carbocycles. The van der Waals surface area contributed by atoms with Crippen molar-refractivity contribution in [1.29, 1.82) is 0 Å². The molecule has 1 amide bonds. The SMILES string of the molecule is O=C(N/N=C\c1cccc(Oc2ccccc2)c1)c1cc[n+]([O-])cc1. The van der Waals surface area contributed by atoms with E-state index in [1.807, 2.05) is 54.6 Å². The number of hydrogen-bond donors (Lipinski definition) is 1. The number of carbonyl (C=O) groups excluding carboxylic acids is 1. The molecule has 0 saturated carbocycles. The van der Waals surface area contributed by atoms with Crippen molar-refractivity contribution in [3.63, 3.8) is 0 Å². The van der Waals surface area contributed by atoms with Crippen molar-refractivity contribution in [2.75, 3.05) is 0 Å². The fraction of sp³-hybridized carbons (Fsp3) is 0. The molecular weight excluding hydrogens is 318 g/mol. The first kappa shape index (κ1) is 16.2. The minimum atomic E-state index is -0.395. The monoisotopic (exact) mass is 333 g/mol. The van der Waals surface area contributed by atoms with Crippen molar-refractivity contribution in [2.45, 2.75) is 0 Å². The van der Waals surface area contributed by atoms with Crippen LogP contribution in [0.15, 0.2) is 84.2 Å². The van der Waals surface area contributed by atoms with Gasteiger partial charge in [-0.15, -0.1) is 0 Å². The second-order valence-corrected chi connectivity index (χ2v) is 5.13. The summed E-state index contributed by atoms with van der Waals surface area (Å²) in [5.74, 6) is 1.02. The lowest BCUT2D eigenvalue weighted by Crippen LogP contribution is -2.26. The van der Waals surface area contributed by atoms with Gasteiger partial charge < -0.3 is 9.94 Å². The number of aromatic nitrogens is 1. The number of para-hydroxylation sites is 1. The quantitative estimate of drug-likeness (QED) is 0.337. The summed E-state index contributed by atoms with van der Waals surface area (Å²) in [4.78, 5) is 11.9. The lowest BCUT2D eigenvalue weighted by molar-refractivity contribution is -0.605. The molecule has 0 fully saturated rings. The Balaban J connectivity index is 1.62. The Labute approximate surface area is 144 Å². The second-order valence-electron chi connectivity index (χ2n) is 5.13. The van der Waals surface area contributed by atoms with E-state index < -0.39 is 5.91 Å². The van der Waals surface area contributed by atoms with E-state index in [4.69, 9.17) is 4.74 Å². The Kier molecular flexibility index (Phi) is 5.01. The number of benzene rings is 2. The van der Waals surface area contributed by atoms with Gasteiger partial charge in [-0.1, -0.05) is 30.3 Å². The molecule has 0 saturated heterocycles. The third-order valence-electron chi connectivity index (χ3n) is 3.28. The number of ether oxygens (including phenoxy) is 1. The number of amides is 1. The first-order chi connectivity index (χ1) is 12.2. The van der Waals surface area contributed by atoms with E-state index in [2.05, 4.69) is 10.5 Å². The van der Waals surface area contributed by atoms with Crippen LogP contribution in [0, 0.1) is 5.21 Å². The highest BCUT2D eigenvalue weighted by molar-refractivity contribution is 5.94. The van der Waals surface area contributed by atoms with Crippen molar-refractivity contribution in [2.24, 2.45) is 5.10 Å². The third kappa shape index (κ3) is 4.65. The number of pyridine rings is 1. The highest BCUT2D eigenvalue weighted by atomic mass is 16.5. The molecule has 3 rings (SSSR count). The second kappa shape index (κ2) is 7.74. The van der Waals surface area contributed by atoms with E-state index in [1.54, 1.807) is 0 Å². The Morgan fingerprint density at radius 1 is 1.00 bits per heavy atom. The predicted octanol–water partition coefficient (Wildman–Crippen LogP) is 2.88. The minimum absolute atomic E-state index is 0.352. The van der Waals surface area contributed by atoms with Gasteiger partial charge >= 0.3 is 0 Å². The Hall–Kier alpha value is -3.67. The molecule has 0 radical (unpaired) electrons. The zero-order valence-corrected chi connectivity index (χ0v) is 13.2. The summed E-state index contributed by atoms with van der Waals surface area (Å²) in [5, 5.41) is 14.9. The molecule has 0 aliphatic rings. The highest BCUT2D eigenvalue weighted by Gasteiger charge is 2.05. The predicted molar refractivity (Wildman–Crippen MR) is 93.4 cm³/mol. The zero-order valence-electron chi connectivity index (χ0n) is 13.2. The van der Waals surface area contributed by atoms with Crippen LogP contribution in [0.5, 0.6) is 11.5 Å². The molecule has 1 aromatic heterocycles. The van der Waals surface area contributed by atoms with Gasteiger partial charge in [0.05, 0.1) is 11.8 Å². The molecule has 1 heterocycles. The van der Waals surface area contributed by atoms with Crippen molar-refractivity contribution in [3.8, 4) is 11.5 Å². The molecule has 0 spiro atoms. The maximum atomic E-state index is 11.9. The van der Waals surface area contributed by atoms with Gasteiger partial charge in [0.15, 0.2) is 12.4 Å². The van der Waals surface area contributed by atoms with Gasteiger partial charge in [-0.3, -0.25) is 4.79 Å². The number of rotatable bonds is 5. The summed E-state index contributed by atoms with van der Waals surface area (Å²) in [6.45, 7) is 0. The van der Waals surface area contributed by atoms with Crippen LogP contribution in [0.25, 0.3) is 0 Å². The summed E-state index contributed by atoms with van der Waals surface area (Å²) >= 11 is 0. The summed E-state index contributed by atoms with van der Waals surface area (Å²) < 4.78 is 6.36. The Morgan fingerprint density at radius 3 is 2.48 bits per heavy atom. The van der Waals surface area contributed by atoms with E-state index in [9.17, 15) is 10.0 Å². The summed E-state index contributed by atoms with van der Waals surface area (Å²) in [6.07, 6.45) is 4.03. The van der Waals surface area contributed by atoms with Crippen LogP contribution in [0.2, 0.25) is 0 Å². The largest absolute Gasteiger partial charge is 0.619 e. The normalized spacial score (nSPS) is 10.6. The molecule has 0 bridgehead atoms. The van der Waals surface area contributed by atoms with Gasteiger partial charge in [0.25, 0.3) is 5.91 Å². The fourth-order valence-corrected chi connectivity index (χ4v) is 2.08. The zero-order chi connectivity index (χ0) is 17.5. The van der Waals surface area contributed by atoms with Crippen LogP contribution < -0.4 is 14.9 Å². The smallest absolute Gasteiger partial charge is 0.271 e. The number of hydrazone groups is 1. The number of hydrogen-bond acceptors (Lipinski definition) is 4. The molecule has 0 atom stereocenters. The van der Waals surface area contributed by atoms with Gasteiger partial charge in [0, 0.05) is 12.1 Å². The Morgan fingerprint density at radius 2 is 1.72 bits per heavy atom. The van der Waals surface area contributed by atoms with E-state index in [1.165, 1.54) is 30.7 Å². The number of nitrogens with zero attached hydrogens (tertiary/aromatic N) is 2. The number of nitrogens with one attached hydrogen (secondary N) is 1. The number of carbonyl (C=O) groups is 1. The van der Waals surface area contributed by atoms with Crippen LogP contribution in [0.3, 0.4) is 0 Å². The molecule has 0 aliphatic heterocycles. The van der Waals surface area contributed by atoms with E-state index in [-0.39, 0.29) is 0 Å². The summed E-state index contributed by atoms with van der Waals surface area (Å²) in [6, 6.07) is 19.6. The van der Waals surface area contributed by atoms with Gasteiger partial charge in [-0.25, -0.2) is 5.43 Å². The molecule has 1 N–H and O–H groups in total. The molecule has 0 unspecified atom stereocenters. The van der Waals surface area contributed by atoms with Gasteiger partial charge in [0.2, 0.25) is 0 Å². The van der Waals surface area contributed by atoms with Gasteiger partial charge in [-0.05, 0) is 29.8 Å². The van der Waals surface area contributed by atoms with E-state index in [0.29, 0.717) is 16.0 Å². The highest BCUT2D eigenvalue weighted by Crippen LogP contribution is 2.21. The standard InChI is InChI=1S/C19H15N3O3/c23-19(16-9-11-22(24)12-10-16)21-20-14-15-5-4-8-18(13-15)25-17-6-2-1-3-7-17/h1-14H,(H,21,23)/b20-14-. The molecular formula is C19H15N3O3. The maximum Gasteiger partial charge on any atom is 0.271 e. The van der Waals surface area contributed by atoms with Gasteiger partial charge in [-0.2, -0.15) is 9.83 Å². The summed E-state index contributed by atoms with van der Waals surface area (Å²) in [7, 11) is 0. The third-order valence-corrected chi connectivity index (χ3v) is 3.28. The van der Waals surface area contributed by atoms with E-state index >= 15 is 0 Å². The summed E-state index contributed by atoms with van der Waals surface area (Å²) in [5.41, 5.74) is 3.54. The molecule has 6 heteroatoms. The molecule has 25 heavy (non-hydrogen) atoms. The van der Waals surface area contributed by atoms with Crippen LogP contribution in [-0.4, -0.2) is 12.1 Å². The maximum absolute atomic E-state index is 11.9. The Bertz CT molecular complexity index is 878.